The van der Waals surface area contributed by atoms with Crippen molar-refractivity contribution in [2.24, 2.45) is 0 Å². The summed E-state index contributed by atoms with van der Waals surface area (Å²) in [7, 11) is 0. The van der Waals surface area contributed by atoms with E-state index in [0.717, 1.165) is 17.5 Å². The number of fused-ring (bicyclic) bond motifs is 1. The molecule has 4 rings (SSSR count). The van der Waals surface area contributed by atoms with Crippen LogP contribution in [-0.2, 0) is 24.3 Å². The maximum absolute atomic E-state index is 12.5. The van der Waals surface area contributed by atoms with Crippen molar-refractivity contribution in [3.8, 4) is 11.5 Å². The predicted octanol–water partition coefficient (Wildman–Crippen LogP) is 3.88. The van der Waals surface area contributed by atoms with Crippen LogP contribution in [0.4, 0.5) is 0 Å². The first-order valence-corrected chi connectivity index (χ1v) is 10.7. The van der Waals surface area contributed by atoms with Gasteiger partial charge in [-0.2, -0.15) is 0 Å². The molecule has 3 aromatic rings. The number of furan rings is 1. The second-order valence-corrected chi connectivity index (χ2v) is 7.78. The van der Waals surface area contributed by atoms with Crippen LogP contribution in [0.15, 0.2) is 59.2 Å². The average Bonchev–Trinajstić information content (AvgIpc) is 3.20. The van der Waals surface area contributed by atoms with Crippen LogP contribution in [0.1, 0.15) is 33.7 Å². The molecule has 0 bridgehead atoms. The van der Waals surface area contributed by atoms with Gasteiger partial charge in [-0.3, -0.25) is 9.59 Å². The van der Waals surface area contributed by atoms with Gasteiger partial charge in [0.2, 0.25) is 5.91 Å². The molecule has 0 unspecified atom stereocenters. The van der Waals surface area contributed by atoms with E-state index >= 15 is 0 Å². The lowest BCUT2D eigenvalue weighted by Gasteiger charge is -2.12. The molecule has 0 radical (unpaired) electrons. The molecule has 2 aromatic carbocycles. The highest BCUT2D eigenvalue weighted by atomic mass is 35.5. The fraction of sp³-hybridized carbons (Fsp3) is 0.250. The van der Waals surface area contributed by atoms with Crippen LogP contribution >= 0.6 is 11.6 Å². The topological polar surface area (TPSA) is 89.8 Å². The summed E-state index contributed by atoms with van der Waals surface area (Å²) < 4.78 is 16.5. The zero-order chi connectivity index (χ0) is 22.3. The van der Waals surface area contributed by atoms with Gasteiger partial charge in [0.15, 0.2) is 11.5 Å². The van der Waals surface area contributed by atoms with E-state index in [4.69, 9.17) is 25.5 Å². The number of carbonyl (C=O) groups excluding carboxylic acids is 2. The summed E-state index contributed by atoms with van der Waals surface area (Å²) in [6, 6.07) is 14.2. The highest BCUT2D eigenvalue weighted by molar-refractivity contribution is 6.32. The molecule has 0 fully saturated rings. The normalized spacial score (nSPS) is 12.7. The van der Waals surface area contributed by atoms with Gasteiger partial charge in [-0.1, -0.05) is 23.7 Å². The summed E-state index contributed by atoms with van der Waals surface area (Å²) >= 11 is 6.30. The lowest BCUT2D eigenvalue weighted by molar-refractivity contribution is -0.120. The Morgan fingerprint density at radius 1 is 0.938 bits per heavy atom. The summed E-state index contributed by atoms with van der Waals surface area (Å²) in [5, 5.41) is 6.12. The largest absolute Gasteiger partial charge is 0.489 e. The number of hydrogen-bond donors (Lipinski definition) is 2. The summed E-state index contributed by atoms with van der Waals surface area (Å²) in [5.74, 6) is 1.39. The molecular weight excluding hydrogens is 432 g/mol. The lowest BCUT2D eigenvalue weighted by atomic mass is 10.1. The van der Waals surface area contributed by atoms with Gasteiger partial charge >= 0.3 is 0 Å². The van der Waals surface area contributed by atoms with Gasteiger partial charge in [-0.25, -0.2) is 0 Å². The third-order valence-corrected chi connectivity index (χ3v) is 5.19. The zero-order valence-electron chi connectivity index (χ0n) is 17.4. The monoisotopic (exact) mass is 454 g/mol. The second kappa shape index (κ2) is 10.2. The number of nitrogens with one attached hydrogen (secondary N) is 2. The van der Waals surface area contributed by atoms with Crippen molar-refractivity contribution in [3.05, 3.63) is 82.3 Å². The van der Waals surface area contributed by atoms with E-state index in [-0.39, 0.29) is 18.2 Å². The molecule has 0 atom stereocenters. The molecule has 1 aromatic heterocycles. The quantitative estimate of drug-likeness (QED) is 0.565. The SMILES string of the molecule is O=C(Cc1cc(Cl)c2c(c1)OCCCO2)NCc1cccc(C(=O)NCc2ccco2)c1. The number of halogens is 1. The molecule has 0 aliphatic carbocycles. The number of benzene rings is 2. The Kier molecular flexibility index (Phi) is 6.97. The van der Waals surface area contributed by atoms with Gasteiger partial charge < -0.3 is 24.5 Å². The van der Waals surface area contributed by atoms with Crippen molar-refractivity contribution >= 4 is 23.4 Å². The molecule has 8 heteroatoms. The van der Waals surface area contributed by atoms with Crippen molar-refractivity contribution in [1.82, 2.24) is 10.6 Å². The first-order valence-electron chi connectivity index (χ1n) is 10.3. The third kappa shape index (κ3) is 5.62. The van der Waals surface area contributed by atoms with Gasteiger partial charge in [-0.05, 0) is 47.5 Å². The van der Waals surface area contributed by atoms with Crippen LogP contribution < -0.4 is 20.1 Å². The van der Waals surface area contributed by atoms with E-state index in [0.29, 0.717) is 54.1 Å². The minimum atomic E-state index is -0.212. The van der Waals surface area contributed by atoms with Gasteiger partial charge in [-0.15, -0.1) is 0 Å². The Balaban J connectivity index is 1.32. The Morgan fingerprint density at radius 2 is 1.81 bits per heavy atom. The molecule has 2 amide bonds. The van der Waals surface area contributed by atoms with Gasteiger partial charge in [0.05, 0.1) is 37.5 Å². The van der Waals surface area contributed by atoms with Crippen LogP contribution in [0.2, 0.25) is 5.02 Å². The van der Waals surface area contributed by atoms with Crippen molar-refractivity contribution in [2.75, 3.05) is 13.2 Å². The average molecular weight is 455 g/mol. The number of rotatable bonds is 7. The molecule has 2 heterocycles. The number of carbonyl (C=O) groups is 2. The molecule has 32 heavy (non-hydrogen) atoms. The number of hydrogen-bond acceptors (Lipinski definition) is 5. The molecule has 7 nitrogen and oxygen atoms in total. The maximum Gasteiger partial charge on any atom is 0.251 e. The Labute approximate surface area is 190 Å². The van der Waals surface area contributed by atoms with Crippen LogP contribution in [0.3, 0.4) is 0 Å². The standard InChI is InChI=1S/C24H23ClN2O5/c25-20-11-17(12-21-23(20)32-9-3-8-31-21)13-22(28)26-14-16-4-1-5-18(10-16)24(29)27-15-19-6-2-7-30-19/h1-2,4-7,10-12H,3,8-9,13-15H2,(H,26,28)(H,27,29). The first kappa shape index (κ1) is 21.8. The minimum Gasteiger partial charge on any atom is -0.489 e. The van der Waals surface area contributed by atoms with E-state index in [1.165, 1.54) is 0 Å². The van der Waals surface area contributed by atoms with E-state index < -0.39 is 0 Å². The highest BCUT2D eigenvalue weighted by Crippen LogP contribution is 2.38. The van der Waals surface area contributed by atoms with Crippen molar-refractivity contribution < 1.29 is 23.5 Å². The van der Waals surface area contributed by atoms with Crippen LogP contribution in [0, 0.1) is 0 Å². The van der Waals surface area contributed by atoms with Crippen molar-refractivity contribution in [1.29, 1.82) is 0 Å². The van der Waals surface area contributed by atoms with Crippen molar-refractivity contribution in [3.63, 3.8) is 0 Å². The van der Waals surface area contributed by atoms with Crippen LogP contribution in [0.25, 0.3) is 0 Å². The van der Waals surface area contributed by atoms with Gasteiger partial charge in [0, 0.05) is 18.5 Å². The summed E-state index contributed by atoms with van der Waals surface area (Å²) in [5.41, 5.74) is 2.07. The van der Waals surface area contributed by atoms with Crippen LogP contribution in [0.5, 0.6) is 11.5 Å². The Hall–Kier alpha value is -3.45. The van der Waals surface area contributed by atoms with Crippen LogP contribution in [-0.4, -0.2) is 25.0 Å². The number of amides is 2. The molecule has 1 aliphatic heterocycles. The Morgan fingerprint density at radius 3 is 2.66 bits per heavy atom. The molecule has 2 N–H and O–H groups in total. The molecule has 0 spiro atoms. The summed E-state index contributed by atoms with van der Waals surface area (Å²) in [6.45, 7) is 1.71. The van der Waals surface area contributed by atoms with E-state index in [2.05, 4.69) is 10.6 Å². The predicted molar refractivity (Wildman–Crippen MR) is 119 cm³/mol. The first-order chi connectivity index (χ1) is 15.6. The van der Waals surface area contributed by atoms with Crippen molar-refractivity contribution in [2.45, 2.75) is 25.9 Å². The van der Waals surface area contributed by atoms with E-state index in [1.54, 1.807) is 48.7 Å². The maximum atomic E-state index is 12.5. The second-order valence-electron chi connectivity index (χ2n) is 7.37. The van der Waals surface area contributed by atoms with E-state index in [9.17, 15) is 9.59 Å². The molecular formula is C24H23ClN2O5. The summed E-state index contributed by atoms with van der Waals surface area (Å²) in [6.07, 6.45) is 2.49. The van der Waals surface area contributed by atoms with Gasteiger partial charge in [0.25, 0.3) is 5.91 Å². The summed E-state index contributed by atoms with van der Waals surface area (Å²) in [4.78, 5) is 24.8. The minimum absolute atomic E-state index is 0.152. The molecule has 166 valence electrons. The smallest absolute Gasteiger partial charge is 0.251 e. The fourth-order valence-corrected chi connectivity index (χ4v) is 3.63. The fourth-order valence-electron chi connectivity index (χ4n) is 3.34. The molecule has 1 aliphatic rings. The van der Waals surface area contributed by atoms with Gasteiger partial charge in [0.1, 0.15) is 5.76 Å². The zero-order valence-corrected chi connectivity index (χ0v) is 18.1. The third-order valence-electron chi connectivity index (χ3n) is 4.91. The lowest BCUT2D eigenvalue weighted by Crippen LogP contribution is -2.25. The Bertz CT molecular complexity index is 1100. The number of ether oxygens (including phenoxy) is 2. The highest BCUT2D eigenvalue weighted by Gasteiger charge is 2.17. The molecule has 0 saturated heterocycles. The van der Waals surface area contributed by atoms with E-state index in [1.807, 2.05) is 6.07 Å². The molecule has 0 saturated carbocycles.